The average molecular weight is 544 g/mol. The van der Waals surface area contributed by atoms with Crippen LogP contribution in [0.1, 0.15) is 58.9 Å². The van der Waals surface area contributed by atoms with Gasteiger partial charge in [-0.15, -0.1) is 0 Å². The Morgan fingerprint density at radius 3 is 2.16 bits per heavy atom. The standard InChI is InChI=1S/C27H37N5O5S/c1-4-24(27(35)31-22-11-8-12-22)28-13-14-29-25(33)20-15-21(17-23(16-20)32(2)38(3,36)37)26(34)30-18-19-9-6-5-7-10-19/h5-7,9-10,15-17,22,24,28H,4,8,11-14,18H2,1-3H3,(H,29,33)(H,30,34)(H,31,35)/t24-/m0/s1. The van der Waals surface area contributed by atoms with Crippen molar-refractivity contribution in [2.75, 3.05) is 30.7 Å². The van der Waals surface area contributed by atoms with Gasteiger partial charge in [-0.1, -0.05) is 37.3 Å². The van der Waals surface area contributed by atoms with E-state index in [2.05, 4.69) is 21.3 Å². The topological polar surface area (TPSA) is 137 Å². The normalized spacial score (nSPS) is 14.2. The SMILES string of the molecule is CC[C@H](NCCNC(=O)c1cc(C(=O)NCc2ccccc2)cc(N(C)S(C)(=O)=O)c1)C(=O)NC1CCC1. The van der Waals surface area contributed by atoms with E-state index in [4.69, 9.17) is 0 Å². The molecule has 2 aromatic rings. The summed E-state index contributed by atoms with van der Waals surface area (Å²) >= 11 is 0. The first-order valence-corrected chi connectivity index (χ1v) is 14.7. The van der Waals surface area contributed by atoms with Crippen molar-refractivity contribution in [1.82, 2.24) is 21.3 Å². The molecule has 3 rings (SSSR count). The maximum atomic E-state index is 12.9. The first-order chi connectivity index (χ1) is 18.1. The number of nitrogens with zero attached hydrogens (tertiary/aromatic N) is 1. The first-order valence-electron chi connectivity index (χ1n) is 12.8. The van der Waals surface area contributed by atoms with Crippen molar-refractivity contribution in [2.45, 2.75) is 51.2 Å². The van der Waals surface area contributed by atoms with Gasteiger partial charge in [0.25, 0.3) is 11.8 Å². The van der Waals surface area contributed by atoms with E-state index >= 15 is 0 Å². The van der Waals surface area contributed by atoms with Crippen molar-refractivity contribution >= 4 is 33.4 Å². The van der Waals surface area contributed by atoms with Gasteiger partial charge in [0.05, 0.1) is 18.0 Å². The van der Waals surface area contributed by atoms with Gasteiger partial charge in [-0.25, -0.2) is 8.42 Å². The van der Waals surface area contributed by atoms with E-state index in [9.17, 15) is 22.8 Å². The molecule has 10 nitrogen and oxygen atoms in total. The first kappa shape index (κ1) is 29.1. The Labute approximate surface area is 224 Å². The zero-order chi connectivity index (χ0) is 27.7. The van der Waals surface area contributed by atoms with Gasteiger partial charge in [-0.2, -0.15) is 0 Å². The molecule has 1 aliphatic rings. The second kappa shape index (κ2) is 13.4. The third kappa shape index (κ3) is 8.29. The van der Waals surface area contributed by atoms with Crippen LogP contribution in [-0.2, 0) is 21.4 Å². The zero-order valence-corrected chi connectivity index (χ0v) is 22.9. The van der Waals surface area contributed by atoms with Crippen LogP contribution in [-0.4, -0.2) is 64.6 Å². The molecule has 0 aliphatic heterocycles. The molecule has 11 heteroatoms. The highest BCUT2D eigenvalue weighted by atomic mass is 32.2. The summed E-state index contributed by atoms with van der Waals surface area (Å²) in [4.78, 5) is 38.2. The van der Waals surface area contributed by atoms with E-state index in [1.807, 2.05) is 37.3 Å². The molecule has 1 aliphatic carbocycles. The molecule has 0 heterocycles. The molecule has 0 bridgehead atoms. The van der Waals surface area contributed by atoms with Crippen LogP contribution < -0.4 is 25.6 Å². The fraction of sp³-hybridized carbons (Fsp3) is 0.444. The molecular formula is C27H37N5O5S. The molecule has 206 valence electrons. The van der Waals surface area contributed by atoms with Crippen molar-refractivity contribution in [3.8, 4) is 0 Å². The Hall–Kier alpha value is -3.44. The maximum absolute atomic E-state index is 12.9. The van der Waals surface area contributed by atoms with Gasteiger partial charge in [0.1, 0.15) is 0 Å². The third-order valence-electron chi connectivity index (χ3n) is 6.58. The second-order valence-electron chi connectivity index (χ2n) is 9.47. The number of amides is 3. The number of carbonyl (C=O) groups excluding carboxylic acids is 3. The molecule has 0 spiro atoms. The lowest BCUT2D eigenvalue weighted by Crippen LogP contribution is -2.50. The molecule has 1 fully saturated rings. The lowest BCUT2D eigenvalue weighted by atomic mass is 9.93. The average Bonchev–Trinajstić information content (AvgIpc) is 2.88. The molecule has 1 atom stereocenters. The second-order valence-corrected chi connectivity index (χ2v) is 11.5. The van der Waals surface area contributed by atoms with Crippen LogP contribution in [0.25, 0.3) is 0 Å². The number of nitrogens with one attached hydrogen (secondary N) is 4. The fourth-order valence-corrected chi connectivity index (χ4v) is 4.42. The van der Waals surface area contributed by atoms with Gasteiger partial charge >= 0.3 is 0 Å². The molecule has 2 aromatic carbocycles. The Bertz CT molecular complexity index is 1230. The smallest absolute Gasteiger partial charge is 0.251 e. The molecule has 4 N–H and O–H groups in total. The Kier molecular flexibility index (Phi) is 10.3. The lowest BCUT2D eigenvalue weighted by Gasteiger charge is -2.28. The summed E-state index contributed by atoms with van der Waals surface area (Å²) < 4.78 is 25.3. The van der Waals surface area contributed by atoms with Crippen molar-refractivity contribution in [3.63, 3.8) is 0 Å². The molecule has 0 aromatic heterocycles. The predicted octanol–water partition coefficient (Wildman–Crippen LogP) is 1.78. The van der Waals surface area contributed by atoms with Crippen LogP contribution in [0.5, 0.6) is 0 Å². The summed E-state index contributed by atoms with van der Waals surface area (Å²) in [6.07, 6.45) is 4.83. The summed E-state index contributed by atoms with van der Waals surface area (Å²) in [5, 5.41) is 11.8. The number of anilines is 1. The number of hydrogen-bond donors (Lipinski definition) is 4. The maximum Gasteiger partial charge on any atom is 0.251 e. The monoisotopic (exact) mass is 543 g/mol. The number of sulfonamides is 1. The molecule has 38 heavy (non-hydrogen) atoms. The lowest BCUT2D eigenvalue weighted by molar-refractivity contribution is -0.124. The molecule has 1 saturated carbocycles. The van der Waals surface area contributed by atoms with Crippen molar-refractivity contribution in [3.05, 3.63) is 65.2 Å². The number of rotatable bonds is 13. The van der Waals surface area contributed by atoms with E-state index in [0.29, 0.717) is 13.0 Å². The van der Waals surface area contributed by atoms with Crippen LogP contribution in [0.2, 0.25) is 0 Å². The molecule has 0 saturated heterocycles. The summed E-state index contributed by atoms with van der Waals surface area (Å²) in [5.74, 6) is -0.928. The minimum absolute atomic E-state index is 0.0359. The highest BCUT2D eigenvalue weighted by molar-refractivity contribution is 7.92. The summed E-state index contributed by atoms with van der Waals surface area (Å²) in [6, 6.07) is 13.6. The van der Waals surface area contributed by atoms with Gasteiger partial charge in [0.15, 0.2) is 0 Å². The Morgan fingerprint density at radius 2 is 1.61 bits per heavy atom. The molecule has 3 amide bonds. The highest BCUT2D eigenvalue weighted by Crippen LogP contribution is 2.21. The van der Waals surface area contributed by atoms with E-state index in [1.165, 1.54) is 25.2 Å². The number of carbonyl (C=O) groups is 3. The van der Waals surface area contributed by atoms with Gasteiger partial charge in [0.2, 0.25) is 15.9 Å². The highest BCUT2D eigenvalue weighted by Gasteiger charge is 2.23. The quantitative estimate of drug-likeness (QED) is 0.284. The largest absolute Gasteiger partial charge is 0.352 e. The van der Waals surface area contributed by atoms with Crippen LogP contribution in [0.3, 0.4) is 0 Å². The van der Waals surface area contributed by atoms with Crippen molar-refractivity contribution in [2.24, 2.45) is 0 Å². The van der Waals surface area contributed by atoms with Crippen LogP contribution in [0.4, 0.5) is 5.69 Å². The van der Waals surface area contributed by atoms with Gasteiger partial charge in [0, 0.05) is 43.9 Å². The minimum atomic E-state index is -3.62. The van der Waals surface area contributed by atoms with E-state index in [1.54, 1.807) is 0 Å². The molecule has 0 unspecified atom stereocenters. The minimum Gasteiger partial charge on any atom is -0.352 e. The zero-order valence-electron chi connectivity index (χ0n) is 22.1. The van der Waals surface area contributed by atoms with Crippen molar-refractivity contribution < 1.29 is 22.8 Å². The predicted molar refractivity (Wildman–Crippen MR) is 147 cm³/mol. The van der Waals surface area contributed by atoms with Crippen LogP contribution >= 0.6 is 0 Å². The van der Waals surface area contributed by atoms with E-state index in [0.717, 1.165) is 35.4 Å². The van der Waals surface area contributed by atoms with Gasteiger partial charge < -0.3 is 21.3 Å². The van der Waals surface area contributed by atoms with Crippen molar-refractivity contribution in [1.29, 1.82) is 0 Å². The van der Waals surface area contributed by atoms with Crippen LogP contribution in [0.15, 0.2) is 48.5 Å². The number of hydrogen-bond acceptors (Lipinski definition) is 6. The van der Waals surface area contributed by atoms with E-state index < -0.39 is 21.8 Å². The van der Waals surface area contributed by atoms with Gasteiger partial charge in [-0.3, -0.25) is 18.7 Å². The summed E-state index contributed by atoms with van der Waals surface area (Å²) in [7, 11) is -2.26. The Morgan fingerprint density at radius 1 is 0.974 bits per heavy atom. The Balaban J connectivity index is 1.65. The summed E-state index contributed by atoms with van der Waals surface area (Å²) in [5.41, 5.74) is 1.41. The van der Waals surface area contributed by atoms with E-state index in [-0.39, 0.29) is 47.9 Å². The van der Waals surface area contributed by atoms with Crippen LogP contribution in [0, 0.1) is 0 Å². The molecular weight excluding hydrogens is 506 g/mol. The fourth-order valence-electron chi connectivity index (χ4n) is 3.93. The molecule has 0 radical (unpaired) electrons. The summed E-state index contributed by atoms with van der Waals surface area (Å²) in [6.45, 7) is 2.82. The third-order valence-corrected chi connectivity index (χ3v) is 7.78. The number of benzene rings is 2. The van der Waals surface area contributed by atoms with Gasteiger partial charge in [-0.05, 0) is 49.4 Å².